The minimum atomic E-state index is -0.721. The molecule has 0 saturated heterocycles. The van der Waals surface area contributed by atoms with Gasteiger partial charge in [-0.1, -0.05) is 84.9 Å². The van der Waals surface area contributed by atoms with Crippen molar-refractivity contribution in [2.75, 3.05) is 0 Å². The molecule has 10 heteroatoms. The minimum absolute atomic E-state index is 0.0726. The van der Waals surface area contributed by atoms with E-state index in [4.69, 9.17) is 10.7 Å². The maximum absolute atomic E-state index is 13.6. The van der Waals surface area contributed by atoms with Gasteiger partial charge in [0.25, 0.3) is 22.9 Å². The molecule has 4 aromatic heterocycles. The Morgan fingerprint density at radius 2 is 0.923 bits per heavy atom. The SMILES string of the molecule is Cc1cccc2nc(C(C)N)c(-c3ccccc3)c(=O)n12.Cc1cccc2nc(C(C)N3C(=O)c4ccccc4C3=O)c(-c3ccccc3)c(=O)n12. The van der Waals surface area contributed by atoms with E-state index in [1.807, 2.05) is 112 Å². The highest BCUT2D eigenvalue weighted by molar-refractivity contribution is 6.21. The monoisotopic (exact) mass is 688 g/mol. The molecule has 0 bridgehead atoms. The fraction of sp³-hybridized carbons (Fsp3) is 0.143. The number of amides is 2. The van der Waals surface area contributed by atoms with Gasteiger partial charge in [-0.2, -0.15) is 0 Å². The van der Waals surface area contributed by atoms with Crippen LogP contribution in [0.15, 0.2) is 131 Å². The van der Waals surface area contributed by atoms with Gasteiger partial charge in [0.1, 0.15) is 11.3 Å². The quantitative estimate of drug-likeness (QED) is 0.199. The first-order valence-electron chi connectivity index (χ1n) is 17.0. The summed E-state index contributed by atoms with van der Waals surface area (Å²) in [5.41, 5.74) is 12.7. The summed E-state index contributed by atoms with van der Waals surface area (Å²) in [6.07, 6.45) is 0. The lowest BCUT2D eigenvalue weighted by molar-refractivity contribution is 0.0592. The number of nitrogens with two attached hydrogens (primary N) is 1. The summed E-state index contributed by atoms with van der Waals surface area (Å²) in [5, 5.41) is 0. The van der Waals surface area contributed by atoms with Crippen LogP contribution < -0.4 is 16.9 Å². The average Bonchev–Trinajstić information content (AvgIpc) is 3.40. The molecule has 0 radical (unpaired) electrons. The Morgan fingerprint density at radius 1 is 0.519 bits per heavy atom. The number of rotatable bonds is 5. The predicted octanol–water partition coefficient (Wildman–Crippen LogP) is 6.72. The summed E-state index contributed by atoms with van der Waals surface area (Å²) >= 11 is 0. The van der Waals surface area contributed by atoms with Crippen molar-refractivity contribution in [1.29, 1.82) is 0 Å². The van der Waals surface area contributed by atoms with Crippen molar-refractivity contribution < 1.29 is 9.59 Å². The molecule has 1 aliphatic rings. The van der Waals surface area contributed by atoms with Crippen LogP contribution in [0.1, 0.15) is 69.4 Å². The molecule has 1 aliphatic heterocycles. The molecule has 8 rings (SSSR count). The fourth-order valence-corrected chi connectivity index (χ4v) is 6.78. The molecule has 2 amide bonds. The number of hydrogen-bond donors (Lipinski definition) is 1. The van der Waals surface area contributed by atoms with Crippen LogP contribution in [0.3, 0.4) is 0 Å². The lowest BCUT2D eigenvalue weighted by Crippen LogP contribution is -2.35. The molecular formula is C42H36N6O4. The summed E-state index contributed by atoms with van der Waals surface area (Å²) in [6.45, 7) is 7.33. The van der Waals surface area contributed by atoms with Crippen molar-refractivity contribution in [3.05, 3.63) is 176 Å². The van der Waals surface area contributed by atoms with E-state index in [0.29, 0.717) is 50.5 Å². The van der Waals surface area contributed by atoms with Crippen molar-refractivity contribution in [2.24, 2.45) is 5.73 Å². The third kappa shape index (κ3) is 5.78. The number of nitrogens with zero attached hydrogens (tertiary/aromatic N) is 5. The van der Waals surface area contributed by atoms with E-state index < -0.39 is 6.04 Å². The van der Waals surface area contributed by atoms with E-state index >= 15 is 0 Å². The largest absolute Gasteiger partial charge is 0.323 e. The summed E-state index contributed by atoms with van der Waals surface area (Å²) in [4.78, 5) is 63.3. The second kappa shape index (κ2) is 13.7. The maximum atomic E-state index is 13.6. The van der Waals surface area contributed by atoms with E-state index in [0.717, 1.165) is 17.0 Å². The van der Waals surface area contributed by atoms with Crippen molar-refractivity contribution >= 4 is 23.1 Å². The van der Waals surface area contributed by atoms with E-state index in [9.17, 15) is 19.2 Å². The minimum Gasteiger partial charge on any atom is -0.323 e. The van der Waals surface area contributed by atoms with Crippen LogP contribution in [-0.4, -0.2) is 35.5 Å². The van der Waals surface area contributed by atoms with Crippen LogP contribution in [0.5, 0.6) is 0 Å². The highest BCUT2D eigenvalue weighted by Gasteiger charge is 2.40. The first kappa shape index (κ1) is 34.0. The average molecular weight is 689 g/mol. The van der Waals surface area contributed by atoms with Gasteiger partial charge in [-0.3, -0.25) is 32.9 Å². The van der Waals surface area contributed by atoms with Crippen molar-refractivity contribution in [3.63, 3.8) is 0 Å². The number of carbonyl (C=O) groups excluding carboxylic acids is 2. The molecule has 5 heterocycles. The number of pyridine rings is 2. The molecule has 0 fully saturated rings. The van der Waals surface area contributed by atoms with Crippen LogP contribution in [-0.2, 0) is 0 Å². The Kier molecular flexibility index (Phi) is 8.91. The summed E-state index contributed by atoms with van der Waals surface area (Å²) in [6, 6.07) is 35.6. The van der Waals surface area contributed by atoms with Crippen LogP contribution in [0, 0.1) is 13.8 Å². The number of aromatic nitrogens is 4. The maximum Gasteiger partial charge on any atom is 0.266 e. The molecule has 0 aliphatic carbocycles. The molecule has 0 spiro atoms. The topological polar surface area (TPSA) is 132 Å². The number of hydrogen-bond acceptors (Lipinski definition) is 7. The third-order valence-electron chi connectivity index (χ3n) is 9.31. The molecule has 52 heavy (non-hydrogen) atoms. The molecule has 2 unspecified atom stereocenters. The zero-order valence-corrected chi connectivity index (χ0v) is 29.1. The van der Waals surface area contributed by atoms with Crippen LogP contribution in [0.2, 0.25) is 0 Å². The number of benzene rings is 3. The van der Waals surface area contributed by atoms with E-state index in [1.54, 1.807) is 46.1 Å². The highest BCUT2D eigenvalue weighted by Crippen LogP contribution is 2.34. The van der Waals surface area contributed by atoms with Gasteiger partial charge in [-0.05, 0) is 75.2 Å². The lowest BCUT2D eigenvalue weighted by atomic mass is 10.0. The van der Waals surface area contributed by atoms with Crippen LogP contribution in [0.25, 0.3) is 33.5 Å². The Balaban J connectivity index is 0.000000175. The number of carbonyl (C=O) groups is 2. The highest BCUT2D eigenvalue weighted by atomic mass is 16.2. The molecular weight excluding hydrogens is 653 g/mol. The first-order valence-corrected chi connectivity index (χ1v) is 17.0. The normalized spacial score (nSPS) is 13.5. The molecule has 258 valence electrons. The molecule has 2 N–H and O–H groups in total. The van der Waals surface area contributed by atoms with E-state index in [2.05, 4.69) is 4.98 Å². The van der Waals surface area contributed by atoms with Gasteiger partial charge in [0.2, 0.25) is 0 Å². The Bertz CT molecular complexity index is 2600. The van der Waals surface area contributed by atoms with Crippen molar-refractivity contribution in [2.45, 2.75) is 39.8 Å². The van der Waals surface area contributed by atoms with Gasteiger partial charge < -0.3 is 5.73 Å². The Labute approximate surface area is 299 Å². The second-order valence-electron chi connectivity index (χ2n) is 12.8. The Hall–Kier alpha value is -6.52. The first-order chi connectivity index (χ1) is 25.1. The van der Waals surface area contributed by atoms with Gasteiger partial charge >= 0.3 is 0 Å². The van der Waals surface area contributed by atoms with Crippen molar-refractivity contribution in [3.8, 4) is 22.3 Å². The van der Waals surface area contributed by atoms with Crippen LogP contribution in [0.4, 0.5) is 0 Å². The zero-order chi connectivity index (χ0) is 36.7. The summed E-state index contributed by atoms with van der Waals surface area (Å²) < 4.78 is 3.19. The predicted molar refractivity (Wildman–Crippen MR) is 201 cm³/mol. The van der Waals surface area contributed by atoms with E-state index in [-0.39, 0.29) is 29.0 Å². The summed E-state index contributed by atoms with van der Waals surface area (Å²) in [5.74, 6) is -0.753. The number of fused-ring (bicyclic) bond motifs is 3. The van der Waals surface area contributed by atoms with Crippen molar-refractivity contribution in [1.82, 2.24) is 23.7 Å². The second-order valence-corrected chi connectivity index (χ2v) is 12.8. The summed E-state index contributed by atoms with van der Waals surface area (Å²) in [7, 11) is 0. The van der Waals surface area contributed by atoms with Gasteiger partial charge in [0.15, 0.2) is 0 Å². The molecule has 7 aromatic rings. The third-order valence-corrected chi connectivity index (χ3v) is 9.31. The molecule has 2 atom stereocenters. The lowest BCUT2D eigenvalue weighted by Gasteiger charge is -2.24. The molecule has 10 nitrogen and oxygen atoms in total. The fourth-order valence-electron chi connectivity index (χ4n) is 6.78. The van der Waals surface area contributed by atoms with E-state index in [1.165, 1.54) is 4.90 Å². The zero-order valence-electron chi connectivity index (χ0n) is 29.1. The van der Waals surface area contributed by atoms with Gasteiger partial charge in [0.05, 0.1) is 39.7 Å². The standard InChI is InChI=1S/C25H19N3O3.C17H17N3O/c1-15-9-8-14-20-26-22(21(25(31)27(15)20)17-10-4-3-5-11-17)16(2)28-23(29)18-12-6-7-13-19(18)24(28)30;1-11-7-6-10-14-19-16(12(2)18)15(17(21)20(11)14)13-8-4-3-5-9-13/h3-14,16H,1-2H3;3-10,12H,18H2,1-2H3. The number of imide groups is 1. The number of aryl methyl sites for hydroxylation is 2. The Morgan fingerprint density at radius 3 is 1.37 bits per heavy atom. The molecule has 3 aromatic carbocycles. The van der Waals surface area contributed by atoms with Gasteiger partial charge in [-0.25, -0.2) is 9.97 Å². The van der Waals surface area contributed by atoms with Gasteiger partial charge in [-0.15, -0.1) is 0 Å². The molecule has 0 saturated carbocycles. The van der Waals surface area contributed by atoms with Crippen LogP contribution >= 0.6 is 0 Å². The van der Waals surface area contributed by atoms with Gasteiger partial charge in [0, 0.05) is 17.4 Å². The smallest absolute Gasteiger partial charge is 0.266 e.